The Morgan fingerprint density at radius 3 is 2.72 bits per heavy atom. The van der Waals surface area contributed by atoms with Crippen molar-refractivity contribution in [1.82, 2.24) is 5.32 Å². The Hall–Kier alpha value is -0.540. The van der Waals surface area contributed by atoms with E-state index in [0.29, 0.717) is 11.2 Å². The Kier molecular flexibility index (Phi) is 4.68. The van der Waals surface area contributed by atoms with Crippen LogP contribution in [0.4, 0.5) is 0 Å². The lowest BCUT2D eigenvalue weighted by Crippen LogP contribution is -2.33. The minimum Gasteiger partial charge on any atom is -0.508 e. The highest BCUT2D eigenvalue weighted by atomic mass is 79.9. The van der Waals surface area contributed by atoms with Gasteiger partial charge in [0, 0.05) is 23.1 Å². The van der Waals surface area contributed by atoms with Gasteiger partial charge in [0.25, 0.3) is 0 Å². The Labute approximate surface area is 118 Å². The van der Waals surface area contributed by atoms with E-state index in [1.165, 1.54) is 32.1 Å². The lowest BCUT2D eigenvalue weighted by Gasteiger charge is -2.33. The van der Waals surface area contributed by atoms with Crippen molar-refractivity contribution in [2.24, 2.45) is 5.41 Å². The first kappa shape index (κ1) is 13.9. The molecule has 1 aromatic carbocycles. The molecule has 1 aliphatic carbocycles. The number of benzene rings is 1. The molecule has 0 radical (unpaired) electrons. The minimum absolute atomic E-state index is 0.375. The standard InChI is InChI=1S/C15H22BrNO/c1-15(7-3-2-4-8-15)11-17-10-12-9-13(16)5-6-14(12)18/h5-6,9,17-18H,2-4,7-8,10-11H2,1H3. The number of rotatable bonds is 4. The predicted octanol–water partition coefficient (Wildman–Crippen LogP) is 4.21. The number of hydrogen-bond donors (Lipinski definition) is 2. The highest BCUT2D eigenvalue weighted by Crippen LogP contribution is 2.35. The molecule has 0 aromatic heterocycles. The van der Waals surface area contributed by atoms with E-state index in [2.05, 4.69) is 28.2 Å². The topological polar surface area (TPSA) is 32.3 Å². The second-order valence-corrected chi connectivity index (χ2v) is 6.66. The molecule has 0 heterocycles. The van der Waals surface area contributed by atoms with E-state index in [1.54, 1.807) is 6.07 Å². The van der Waals surface area contributed by atoms with E-state index in [9.17, 15) is 5.11 Å². The fourth-order valence-corrected chi connectivity index (χ4v) is 3.19. The third kappa shape index (κ3) is 3.72. The van der Waals surface area contributed by atoms with Gasteiger partial charge in [-0.1, -0.05) is 42.1 Å². The molecule has 0 spiro atoms. The summed E-state index contributed by atoms with van der Waals surface area (Å²) in [6.45, 7) is 4.15. The molecule has 3 heteroatoms. The zero-order chi connectivity index (χ0) is 13.0. The largest absolute Gasteiger partial charge is 0.508 e. The van der Waals surface area contributed by atoms with Crippen LogP contribution in [0.25, 0.3) is 0 Å². The molecule has 2 rings (SSSR count). The monoisotopic (exact) mass is 311 g/mol. The number of phenolic OH excluding ortho intramolecular Hbond substituents is 1. The highest BCUT2D eigenvalue weighted by Gasteiger charge is 2.26. The fourth-order valence-electron chi connectivity index (χ4n) is 2.78. The number of hydrogen-bond acceptors (Lipinski definition) is 2. The van der Waals surface area contributed by atoms with Gasteiger partial charge in [-0.15, -0.1) is 0 Å². The Morgan fingerprint density at radius 1 is 1.28 bits per heavy atom. The molecule has 2 N–H and O–H groups in total. The van der Waals surface area contributed by atoms with E-state index in [-0.39, 0.29) is 0 Å². The first-order valence-electron chi connectivity index (χ1n) is 6.77. The third-order valence-corrected chi connectivity index (χ3v) is 4.46. The maximum atomic E-state index is 9.78. The SMILES string of the molecule is CC1(CNCc2cc(Br)ccc2O)CCCCC1. The molecule has 0 bridgehead atoms. The van der Waals surface area contributed by atoms with Crippen molar-refractivity contribution in [1.29, 1.82) is 0 Å². The summed E-state index contributed by atoms with van der Waals surface area (Å²) >= 11 is 3.44. The van der Waals surface area contributed by atoms with Gasteiger partial charge in [-0.3, -0.25) is 0 Å². The van der Waals surface area contributed by atoms with Crippen molar-refractivity contribution in [3.63, 3.8) is 0 Å². The Morgan fingerprint density at radius 2 is 2.00 bits per heavy atom. The van der Waals surface area contributed by atoms with Crippen molar-refractivity contribution < 1.29 is 5.11 Å². The van der Waals surface area contributed by atoms with Crippen molar-refractivity contribution in [3.8, 4) is 5.75 Å². The quantitative estimate of drug-likeness (QED) is 0.872. The molecular formula is C15H22BrNO. The molecule has 0 unspecified atom stereocenters. The van der Waals surface area contributed by atoms with E-state index < -0.39 is 0 Å². The molecule has 100 valence electrons. The molecule has 1 saturated carbocycles. The molecule has 0 atom stereocenters. The number of phenols is 1. The fraction of sp³-hybridized carbons (Fsp3) is 0.600. The van der Waals surface area contributed by atoms with E-state index in [1.807, 2.05) is 12.1 Å². The summed E-state index contributed by atoms with van der Waals surface area (Å²) in [5.74, 6) is 0.375. The minimum atomic E-state index is 0.375. The first-order valence-corrected chi connectivity index (χ1v) is 7.56. The normalized spacial score (nSPS) is 18.8. The molecule has 0 saturated heterocycles. The van der Waals surface area contributed by atoms with Gasteiger partial charge in [0.1, 0.15) is 5.75 Å². The summed E-state index contributed by atoms with van der Waals surface area (Å²) < 4.78 is 1.01. The average Bonchev–Trinajstić information content (AvgIpc) is 2.34. The van der Waals surface area contributed by atoms with Gasteiger partial charge >= 0.3 is 0 Å². The van der Waals surface area contributed by atoms with Crippen molar-refractivity contribution in [2.75, 3.05) is 6.54 Å². The van der Waals surface area contributed by atoms with Gasteiger partial charge in [0.15, 0.2) is 0 Å². The summed E-state index contributed by atoms with van der Waals surface area (Å²) in [4.78, 5) is 0. The van der Waals surface area contributed by atoms with Crippen molar-refractivity contribution >= 4 is 15.9 Å². The molecule has 1 fully saturated rings. The van der Waals surface area contributed by atoms with Crippen LogP contribution in [0.15, 0.2) is 22.7 Å². The number of nitrogens with one attached hydrogen (secondary N) is 1. The second kappa shape index (κ2) is 6.07. The lowest BCUT2D eigenvalue weighted by atomic mass is 9.76. The molecule has 2 nitrogen and oxygen atoms in total. The van der Waals surface area contributed by atoms with Crippen LogP contribution in [-0.4, -0.2) is 11.7 Å². The van der Waals surface area contributed by atoms with E-state index >= 15 is 0 Å². The van der Waals surface area contributed by atoms with Gasteiger partial charge in [-0.2, -0.15) is 0 Å². The molecule has 18 heavy (non-hydrogen) atoms. The lowest BCUT2D eigenvalue weighted by molar-refractivity contribution is 0.207. The van der Waals surface area contributed by atoms with Crippen LogP contribution in [0.2, 0.25) is 0 Å². The Bertz CT molecular complexity index is 399. The van der Waals surface area contributed by atoms with Crippen molar-refractivity contribution in [3.05, 3.63) is 28.2 Å². The van der Waals surface area contributed by atoms with Crippen molar-refractivity contribution in [2.45, 2.75) is 45.6 Å². The number of aromatic hydroxyl groups is 1. The second-order valence-electron chi connectivity index (χ2n) is 5.75. The average molecular weight is 312 g/mol. The van der Waals surface area contributed by atoms with Crippen LogP contribution >= 0.6 is 15.9 Å². The van der Waals surface area contributed by atoms with Gasteiger partial charge in [0.2, 0.25) is 0 Å². The molecular weight excluding hydrogens is 290 g/mol. The zero-order valence-electron chi connectivity index (χ0n) is 11.0. The zero-order valence-corrected chi connectivity index (χ0v) is 12.6. The van der Waals surface area contributed by atoms with Crippen LogP contribution in [0, 0.1) is 5.41 Å². The summed E-state index contributed by atoms with van der Waals surface area (Å²) in [5, 5.41) is 13.3. The van der Waals surface area contributed by atoms with E-state index in [4.69, 9.17) is 0 Å². The van der Waals surface area contributed by atoms with Gasteiger partial charge in [0.05, 0.1) is 0 Å². The van der Waals surface area contributed by atoms with Gasteiger partial charge < -0.3 is 10.4 Å². The third-order valence-electron chi connectivity index (χ3n) is 3.97. The van der Waals surface area contributed by atoms with Crippen LogP contribution in [-0.2, 0) is 6.54 Å². The molecule has 0 amide bonds. The maximum absolute atomic E-state index is 9.78. The maximum Gasteiger partial charge on any atom is 0.120 e. The summed E-state index contributed by atoms with van der Waals surface area (Å²) in [6, 6.07) is 5.58. The van der Waals surface area contributed by atoms with E-state index in [0.717, 1.165) is 23.1 Å². The summed E-state index contributed by atoms with van der Waals surface area (Å²) in [5.41, 5.74) is 1.41. The molecule has 0 aliphatic heterocycles. The van der Waals surface area contributed by atoms with Crippen LogP contribution in [0.1, 0.15) is 44.6 Å². The van der Waals surface area contributed by atoms with Gasteiger partial charge in [-0.25, -0.2) is 0 Å². The van der Waals surface area contributed by atoms with Crippen LogP contribution < -0.4 is 5.32 Å². The van der Waals surface area contributed by atoms with Gasteiger partial charge in [-0.05, 0) is 36.5 Å². The summed E-state index contributed by atoms with van der Waals surface area (Å²) in [6.07, 6.45) is 6.76. The summed E-state index contributed by atoms with van der Waals surface area (Å²) in [7, 11) is 0. The van der Waals surface area contributed by atoms with Crippen LogP contribution in [0.5, 0.6) is 5.75 Å². The predicted molar refractivity (Wildman–Crippen MR) is 78.7 cm³/mol. The molecule has 1 aromatic rings. The first-order chi connectivity index (χ1) is 8.59. The highest BCUT2D eigenvalue weighted by molar-refractivity contribution is 9.10. The van der Waals surface area contributed by atoms with Crippen LogP contribution in [0.3, 0.4) is 0 Å². The smallest absolute Gasteiger partial charge is 0.120 e. The molecule has 1 aliphatic rings. The number of halogens is 1. The Balaban J connectivity index is 1.86.